The number of nitrogens with one attached hydrogen (secondary N) is 1. The molecule has 0 saturated carbocycles. The number of amides is 1. The summed E-state index contributed by atoms with van der Waals surface area (Å²) in [5.41, 5.74) is 0. The van der Waals surface area contributed by atoms with E-state index in [0.29, 0.717) is 19.4 Å². The molecule has 5 nitrogen and oxygen atoms in total. The Bertz CT molecular complexity index is 170. The molecule has 1 N–H and O–H groups in total. The third-order valence-corrected chi connectivity index (χ3v) is 1.34. The summed E-state index contributed by atoms with van der Waals surface area (Å²) in [5.74, 6) is -0.459. The Balaban J connectivity index is 3.08. The molecule has 0 aromatic rings. The summed E-state index contributed by atoms with van der Waals surface area (Å²) in [7, 11) is 1.59. The van der Waals surface area contributed by atoms with Gasteiger partial charge in [0.25, 0.3) is 0 Å². The van der Waals surface area contributed by atoms with Gasteiger partial charge in [-0.25, -0.2) is 4.79 Å². The molecule has 0 aromatic heterocycles. The van der Waals surface area contributed by atoms with Crippen LogP contribution in [-0.4, -0.2) is 25.5 Å². The summed E-state index contributed by atoms with van der Waals surface area (Å²) in [6.45, 7) is 1.60. The van der Waals surface area contributed by atoms with E-state index in [4.69, 9.17) is 0 Å². The second-order valence-electron chi connectivity index (χ2n) is 2.53. The molecule has 0 unspecified atom stereocenters. The standard InChI is InChI=1S/C8H15NO4/c1-7(10)13-12-6-4-3-5-8(11)9-2/h3-6H2,1-2H3,(H,9,11). The number of unbranched alkanes of at least 4 members (excludes halogenated alkanes) is 1. The summed E-state index contributed by atoms with van der Waals surface area (Å²) >= 11 is 0. The molecule has 0 aliphatic rings. The highest BCUT2D eigenvalue weighted by Crippen LogP contribution is 1.95. The van der Waals surface area contributed by atoms with Crippen LogP contribution in [0.4, 0.5) is 0 Å². The average Bonchev–Trinajstić information content (AvgIpc) is 2.10. The first kappa shape index (κ1) is 11.9. The molecule has 0 bridgehead atoms. The molecule has 0 rings (SSSR count). The predicted molar refractivity (Wildman–Crippen MR) is 45.6 cm³/mol. The van der Waals surface area contributed by atoms with Crippen molar-refractivity contribution in [3.63, 3.8) is 0 Å². The maximum Gasteiger partial charge on any atom is 0.339 e. The summed E-state index contributed by atoms with van der Waals surface area (Å²) in [5, 5.41) is 2.51. The van der Waals surface area contributed by atoms with E-state index in [1.54, 1.807) is 7.05 Å². The van der Waals surface area contributed by atoms with Crippen LogP contribution in [-0.2, 0) is 19.4 Å². The zero-order valence-corrected chi connectivity index (χ0v) is 7.96. The van der Waals surface area contributed by atoms with E-state index in [1.807, 2.05) is 0 Å². The summed E-state index contributed by atoms with van der Waals surface area (Å²) in [6.07, 6.45) is 1.89. The van der Waals surface area contributed by atoms with Gasteiger partial charge in [0.2, 0.25) is 5.91 Å². The Labute approximate surface area is 77.3 Å². The van der Waals surface area contributed by atoms with Crippen LogP contribution >= 0.6 is 0 Å². The summed E-state index contributed by atoms with van der Waals surface area (Å²) in [4.78, 5) is 29.7. The van der Waals surface area contributed by atoms with E-state index < -0.39 is 5.97 Å². The van der Waals surface area contributed by atoms with Crippen molar-refractivity contribution in [2.24, 2.45) is 0 Å². The van der Waals surface area contributed by atoms with Crippen LogP contribution in [0.1, 0.15) is 26.2 Å². The van der Waals surface area contributed by atoms with Gasteiger partial charge < -0.3 is 5.32 Å². The molecule has 0 fully saturated rings. The van der Waals surface area contributed by atoms with Crippen LogP contribution < -0.4 is 5.32 Å². The van der Waals surface area contributed by atoms with Gasteiger partial charge in [-0.1, -0.05) is 0 Å². The topological polar surface area (TPSA) is 64.6 Å². The van der Waals surface area contributed by atoms with E-state index in [2.05, 4.69) is 15.1 Å². The second kappa shape index (κ2) is 7.54. The van der Waals surface area contributed by atoms with Crippen molar-refractivity contribution in [2.75, 3.05) is 13.7 Å². The van der Waals surface area contributed by atoms with Gasteiger partial charge in [0.15, 0.2) is 0 Å². The Kier molecular flexibility index (Phi) is 6.91. The third-order valence-electron chi connectivity index (χ3n) is 1.34. The predicted octanol–water partition coefficient (Wildman–Crippen LogP) is 0.397. The molecule has 0 heterocycles. The van der Waals surface area contributed by atoms with Gasteiger partial charge in [-0.3, -0.25) is 9.68 Å². The molecule has 0 aromatic carbocycles. The first-order valence-electron chi connectivity index (χ1n) is 4.17. The molecule has 13 heavy (non-hydrogen) atoms. The van der Waals surface area contributed by atoms with Crippen molar-refractivity contribution in [3.05, 3.63) is 0 Å². The Morgan fingerprint density at radius 3 is 2.54 bits per heavy atom. The monoisotopic (exact) mass is 189 g/mol. The zero-order chi connectivity index (χ0) is 10.1. The smallest absolute Gasteiger partial charge is 0.339 e. The Hall–Kier alpha value is -1.10. The third kappa shape index (κ3) is 8.81. The van der Waals surface area contributed by atoms with E-state index >= 15 is 0 Å². The van der Waals surface area contributed by atoms with Crippen LogP contribution in [0.25, 0.3) is 0 Å². The van der Waals surface area contributed by atoms with Gasteiger partial charge in [0.1, 0.15) is 0 Å². The van der Waals surface area contributed by atoms with Crippen molar-refractivity contribution in [3.8, 4) is 0 Å². The molecule has 0 radical (unpaired) electrons. The minimum Gasteiger partial charge on any atom is -0.359 e. The largest absolute Gasteiger partial charge is 0.359 e. The van der Waals surface area contributed by atoms with Crippen molar-refractivity contribution in [1.82, 2.24) is 5.32 Å². The fourth-order valence-electron chi connectivity index (χ4n) is 0.696. The summed E-state index contributed by atoms with van der Waals surface area (Å²) < 4.78 is 0. The van der Waals surface area contributed by atoms with E-state index in [1.165, 1.54) is 6.92 Å². The number of rotatable bonds is 6. The van der Waals surface area contributed by atoms with Crippen molar-refractivity contribution in [2.45, 2.75) is 26.2 Å². The quantitative estimate of drug-likeness (QED) is 0.373. The molecule has 0 saturated heterocycles. The molecule has 0 spiro atoms. The minimum absolute atomic E-state index is 0.00693. The van der Waals surface area contributed by atoms with Gasteiger partial charge in [-0.05, 0) is 12.8 Å². The minimum atomic E-state index is -0.466. The zero-order valence-electron chi connectivity index (χ0n) is 7.96. The fraction of sp³-hybridized carbons (Fsp3) is 0.750. The fourth-order valence-corrected chi connectivity index (χ4v) is 0.696. The molecule has 0 atom stereocenters. The molecule has 0 aliphatic carbocycles. The van der Waals surface area contributed by atoms with Crippen LogP contribution in [0.3, 0.4) is 0 Å². The highest BCUT2D eigenvalue weighted by Gasteiger charge is 1.98. The first-order chi connectivity index (χ1) is 6.16. The van der Waals surface area contributed by atoms with Crippen LogP contribution in [0.5, 0.6) is 0 Å². The van der Waals surface area contributed by atoms with E-state index in [9.17, 15) is 9.59 Å². The molecule has 1 amide bonds. The highest BCUT2D eigenvalue weighted by atomic mass is 17.2. The number of carbonyl (C=O) groups excluding carboxylic acids is 2. The molecule has 5 heteroatoms. The van der Waals surface area contributed by atoms with Gasteiger partial charge >= 0.3 is 5.97 Å². The van der Waals surface area contributed by atoms with Gasteiger partial charge in [-0.15, -0.1) is 0 Å². The van der Waals surface area contributed by atoms with Crippen LogP contribution in [0.2, 0.25) is 0 Å². The highest BCUT2D eigenvalue weighted by molar-refractivity contribution is 5.75. The maximum absolute atomic E-state index is 10.7. The average molecular weight is 189 g/mol. The van der Waals surface area contributed by atoms with Crippen molar-refractivity contribution in [1.29, 1.82) is 0 Å². The second-order valence-corrected chi connectivity index (χ2v) is 2.53. The van der Waals surface area contributed by atoms with Gasteiger partial charge in [-0.2, -0.15) is 4.89 Å². The Morgan fingerprint density at radius 2 is 2.00 bits per heavy atom. The first-order valence-corrected chi connectivity index (χ1v) is 4.17. The van der Waals surface area contributed by atoms with Gasteiger partial charge in [0.05, 0.1) is 6.61 Å². The summed E-state index contributed by atoms with van der Waals surface area (Å²) in [6, 6.07) is 0. The lowest BCUT2D eigenvalue weighted by atomic mass is 10.2. The molecular formula is C8H15NO4. The van der Waals surface area contributed by atoms with E-state index in [-0.39, 0.29) is 5.91 Å². The molecule has 76 valence electrons. The van der Waals surface area contributed by atoms with Crippen molar-refractivity contribution < 1.29 is 19.4 Å². The van der Waals surface area contributed by atoms with E-state index in [0.717, 1.165) is 6.42 Å². The number of carbonyl (C=O) groups is 2. The lowest BCUT2D eigenvalue weighted by Gasteiger charge is -2.00. The molecule has 0 aliphatic heterocycles. The Morgan fingerprint density at radius 1 is 1.31 bits per heavy atom. The molecular weight excluding hydrogens is 174 g/mol. The van der Waals surface area contributed by atoms with Crippen molar-refractivity contribution >= 4 is 11.9 Å². The lowest BCUT2D eigenvalue weighted by molar-refractivity contribution is -0.270. The van der Waals surface area contributed by atoms with Crippen LogP contribution in [0, 0.1) is 0 Å². The lowest BCUT2D eigenvalue weighted by Crippen LogP contribution is -2.17. The number of hydrogen-bond acceptors (Lipinski definition) is 4. The SMILES string of the molecule is CNC(=O)CCCCOOC(C)=O. The van der Waals surface area contributed by atoms with Crippen LogP contribution in [0.15, 0.2) is 0 Å². The number of hydrogen-bond donors (Lipinski definition) is 1. The normalized spacial score (nSPS) is 9.38. The maximum atomic E-state index is 10.7. The van der Waals surface area contributed by atoms with Gasteiger partial charge in [0, 0.05) is 20.4 Å².